The van der Waals surface area contributed by atoms with E-state index in [1.807, 2.05) is 6.92 Å². The number of aromatic nitrogens is 2. The molecule has 3 atom stereocenters. The molecule has 2 bridgehead atoms. The van der Waals surface area contributed by atoms with Crippen LogP contribution in [0.15, 0.2) is 0 Å². The molecule has 3 aliphatic rings. The summed E-state index contributed by atoms with van der Waals surface area (Å²) in [5.41, 5.74) is 0. The number of anilines is 1. The second kappa shape index (κ2) is 6.38. The van der Waals surface area contributed by atoms with Crippen molar-refractivity contribution in [1.29, 1.82) is 0 Å². The summed E-state index contributed by atoms with van der Waals surface area (Å²) in [6.45, 7) is 5.53. The number of carbonyl (C=O) groups is 1. The maximum Gasteiger partial charge on any atom is 0.222 e. The van der Waals surface area contributed by atoms with Crippen LogP contribution in [0.1, 0.15) is 44.3 Å². The monoisotopic (exact) mass is 334 g/mol. The van der Waals surface area contributed by atoms with Crippen LogP contribution in [-0.4, -0.2) is 46.3 Å². The van der Waals surface area contributed by atoms with Gasteiger partial charge in [-0.05, 0) is 50.4 Å². The van der Waals surface area contributed by atoms with Gasteiger partial charge in [-0.2, -0.15) is 4.37 Å². The minimum absolute atomic E-state index is 0.387. The number of nitrogens with zero attached hydrogens (tertiary/aromatic N) is 4. The van der Waals surface area contributed by atoms with E-state index in [1.54, 1.807) is 0 Å². The Morgan fingerprint density at radius 1 is 1.22 bits per heavy atom. The van der Waals surface area contributed by atoms with Crippen LogP contribution in [0.3, 0.4) is 0 Å². The van der Waals surface area contributed by atoms with E-state index in [2.05, 4.69) is 19.2 Å². The third-order valence-electron chi connectivity index (χ3n) is 5.96. The van der Waals surface area contributed by atoms with Crippen molar-refractivity contribution in [2.45, 2.75) is 45.4 Å². The first kappa shape index (κ1) is 15.4. The minimum Gasteiger partial charge on any atom is -0.345 e. The van der Waals surface area contributed by atoms with E-state index in [4.69, 9.17) is 0 Å². The number of amides is 1. The number of fused-ring (bicyclic) bond motifs is 2. The lowest BCUT2D eigenvalue weighted by molar-refractivity contribution is -0.132. The standard InChI is InChI=1S/C17H26N4OS/c1-12-18-17(23-19-12)21-6-2-5-20(7-8-21)16(22)11-15-10-13-3-4-14(15)9-13/h13-15H,2-11H2,1H3/t13-,14-,15-/m1/s1. The average molecular weight is 334 g/mol. The zero-order valence-corrected chi connectivity index (χ0v) is 14.7. The van der Waals surface area contributed by atoms with E-state index in [9.17, 15) is 4.79 Å². The second-order valence-electron chi connectivity index (χ2n) is 7.48. The van der Waals surface area contributed by atoms with Crippen LogP contribution in [0, 0.1) is 24.7 Å². The van der Waals surface area contributed by atoms with E-state index in [1.165, 1.54) is 37.2 Å². The maximum atomic E-state index is 12.7. The molecule has 3 fully saturated rings. The van der Waals surface area contributed by atoms with Gasteiger partial charge in [-0.15, -0.1) is 0 Å². The fourth-order valence-corrected chi connectivity index (χ4v) is 5.48. The van der Waals surface area contributed by atoms with Crippen molar-refractivity contribution in [3.63, 3.8) is 0 Å². The second-order valence-corrected chi connectivity index (χ2v) is 8.21. The lowest BCUT2D eigenvalue weighted by Crippen LogP contribution is -2.36. The molecule has 1 aromatic rings. The minimum atomic E-state index is 0.387. The van der Waals surface area contributed by atoms with Gasteiger partial charge in [0.1, 0.15) is 5.82 Å². The smallest absolute Gasteiger partial charge is 0.222 e. The molecule has 0 N–H and O–H groups in total. The molecule has 2 heterocycles. The van der Waals surface area contributed by atoms with E-state index < -0.39 is 0 Å². The van der Waals surface area contributed by atoms with Gasteiger partial charge in [0.2, 0.25) is 11.0 Å². The molecule has 4 rings (SSSR count). The van der Waals surface area contributed by atoms with Crippen molar-refractivity contribution >= 4 is 22.6 Å². The molecular formula is C17H26N4OS. The van der Waals surface area contributed by atoms with Crippen LogP contribution < -0.4 is 4.90 Å². The molecule has 0 aromatic carbocycles. The summed E-state index contributed by atoms with van der Waals surface area (Å²) in [5.74, 6) is 3.68. The third kappa shape index (κ3) is 3.23. The number of rotatable bonds is 3. The Bertz CT molecular complexity index is 575. The van der Waals surface area contributed by atoms with Crippen LogP contribution in [0.4, 0.5) is 5.13 Å². The quantitative estimate of drug-likeness (QED) is 0.853. The normalized spacial score (nSPS) is 30.7. The van der Waals surface area contributed by atoms with Gasteiger partial charge in [0.25, 0.3) is 0 Å². The molecule has 1 aliphatic heterocycles. The summed E-state index contributed by atoms with van der Waals surface area (Å²) >= 11 is 1.47. The molecule has 126 valence electrons. The molecule has 5 nitrogen and oxygen atoms in total. The number of carbonyl (C=O) groups excluding carboxylic acids is 1. The molecule has 1 saturated heterocycles. The van der Waals surface area contributed by atoms with Crippen LogP contribution in [-0.2, 0) is 4.79 Å². The van der Waals surface area contributed by atoms with E-state index >= 15 is 0 Å². The molecule has 6 heteroatoms. The van der Waals surface area contributed by atoms with E-state index in [0.717, 1.165) is 61.8 Å². The molecule has 2 saturated carbocycles. The molecule has 0 radical (unpaired) electrons. The van der Waals surface area contributed by atoms with Gasteiger partial charge in [0.05, 0.1) is 0 Å². The van der Waals surface area contributed by atoms with Gasteiger partial charge in [-0.25, -0.2) is 4.98 Å². The van der Waals surface area contributed by atoms with Crippen molar-refractivity contribution in [3.05, 3.63) is 5.82 Å². The first-order valence-corrected chi connectivity index (χ1v) is 9.79. The van der Waals surface area contributed by atoms with Crippen molar-refractivity contribution < 1.29 is 4.79 Å². The van der Waals surface area contributed by atoms with Crippen LogP contribution in [0.5, 0.6) is 0 Å². The van der Waals surface area contributed by atoms with Gasteiger partial charge in [0, 0.05) is 44.1 Å². The summed E-state index contributed by atoms with van der Waals surface area (Å²) in [7, 11) is 0. The zero-order valence-electron chi connectivity index (χ0n) is 13.9. The van der Waals surface area contributed by atoms with E-state index in [0.29, 0.717) is 11.8 Å². The highest BCUT2D eigenvalue weighted by atomic mass is 32.1. The Balaban J connectivity index is 1.32. The van der Waals surface area contributed by atoms with Crippen molar-refractivity contribution in [1.82, 2.24) is 14.3 Å². The summed E-state index contributed by atoms with van der Waals surface area (Å²) < 4.78 is 4.28. The number of hydrogen-bond donors (Lipinski definition) is 0. The Kier molecular flexibility index (Phi) is 4.26. The Hall–Kier alpha value is -1.17. The van der Waals surface area contributed by atoms with Crippen LogP contribution in [0.2, 0.25) is 0 Å². The predicted octanol–water partition coefficient (Wildman–Crippen LogP) is 2.71. The molecule has 1 aromatic heterocycles. The third-order valence-corrected chi connectivity index (χ3v) is 6.83. The van der Waals surface area contributed by atoms with Crippen molar-refractivity contribution in [2.75, 3.05) is 31.1 Å². The molecule has 2 aliphatic carbocycles. The number of aryl methyl sites for hydroxylation is 1. The fourth-order valence-electron chi connectivity index (χ4n) is 4.75. The van der Waals surface area contributed by atoms with Crippen LogP contribution >= 0.6 is 11.5 Å². The summed E-state index contributed by atoms with van der Waals surface area (Å²) in [5, 5.41) is 1.00. The van der Waals surface area contributed by atoms with Crippen molar-refractivity contribution in [3.8, 4) is 0 Å². The summed E-state index contributed by atoms with van der Waals surface area (Å²) in [4.78, 5) is 21.6. The van der Waals surface area contributed by atoms with Crippen LogP contribution in [0.25, 0.3) is 0 Å². The zero-order chi connectivity index (χ0) is 15.8. The molecular weight excluding hydrogens is 308 g/mol. The van der Waals surface area contributed by atoms with Gasteiger partial charge < -0.3 is 9.80 Å². The van der Waals surface area contributed by atoms with Gasteiger partial charge in [-0.1, -0.05) is 6.42 Å². The number of hydrogen-bond acceptors (Lipinski definition) is 5. The SMILES string of the molecule is Cc1nsc(N2CCCN(C(=O)C[C@H]3C[C@@H]4CC[C@@H]3C4)CC2)n1. The highest BCUT2D eigenvalue weighted by Gasteiger charge is 2.40. The van der Waals surface area contributed by atoms with E-state index in [-0.39, 0.29) is 0 Å². The topological polar surface area (TPSA) is 49.3 Å². The largest absolute Gasteiger partial charge is 0.345 e. The summed E-state index contributed by atoms with van der Waals surface area (Å²) in [6, 6.07) is 0. The Morgan fingerprint density at radius 2 is 2.13 bits per heavy atom. The predicted molar refractivity (Wildman–Crippen MR) is 91.6 cm³/mol. The molecule has 0 spiro atoms. The molecule has 23 heavy (non-hydrogen) atoms. The first-order valence-electron chi connectivity index (χ1n) is 9.02. The van der Waals surface area contributed by atoms with Gasteiger partial charge >= 0.3 is 0 Å². The average Bonchev–Trinajstić information content (AvgIpc) is 3.21. The highest BCUT2D eigenvalue weighted by Crippen LogP contribution is 2.49. The molecule has 1 amide bonds. The highest BCUT2D eigenvalue weighted by molar-refractivity contribution is 7.09. The van der Waals surface area contributed by atoms with Crippen molar-refractivity contribution in [2.24, 2.45) is 17.8 Å². The lowest BCUT2D eigenvalue weighted by Gasteiger charge is -2.26. The lowest BCUT2D eigenvalue weighted by atomic mass is 9.86. The maximum absolute atomic E-state index is 12.7. The first-order chi connectivity index (χ1) is 11.2. The Labute approximate surface area is 142 Å². The fraction of sp³-hybridized carbons (Fsp3) is 0.824. The van der Waals surface area contributed by atoms with Gasteiger partial charge in [-0.3, -0.25) is 4.79 Å². The van der Waals surface area contributed by atoms with Gasteiger partial charge in [0.15, 0.2) is 0 Å². The Morgan fingerprint density at radius 3 is 2.83 bits per heavy atom. The molecule has 0 unspecified atom stereocenters. The summed E-state index contributed by atoms with van der Waals surface area (Å²) in [6.07, 6.45) is 7.30.